The van der Waals surface area contributed by atoms with Crippen molar-refractivity contribution < 1.29 is 29.2 Å². The lowest BCUT2D eigenvalue weighted by molar-refractivity contribution is 0.137. The standard InChI is InChI=1S/C11H14O6/c1-14-9-6-5(12)4-17-8(6)7(13)10(15-2)11(9)16-3/h5,12-13H,4H2,1-3H3. The summed E-state index contributed by atoms with van der Waals surface area (Å²) in [4.78, 5) is 0. The lowest BCUT2D eigenvalue weighted by Crippen LogP contribution is -2.01. The number of aliphatic hydroxyl groups excluding tert-OH is 1. The monoisotopic (exact) mass is 242 g/mol. The third kappa shape index (κ3) is 1.52. The van der Waals surface area contributed by atoms with E-state index in [1.165, 1.54) is 21.3 Å². The molecule has 1 atom stereocenters. The molecule has 6 nitrogen and oxygen atoms in total. The summed E-state index contributed by atoms with van der Waals surface area (Å²) >= 11 is 0. The van der Waals surface area contributed by atoms with E-state index in [2.05, 4.69) is 0 Å². The Morgan fingerprint density at radius 1 is 1.06 bits per heavy atom. The Morgan fingerprint density at radius 2 is 1.65 bits per heavy atom. The Hall–Kier alpha value is -1.82. The Kier molecular flexibility index (Phi) is 2.89. The number of benzene rings is 1. The van der Waals surface area contributed by atoms with Crippen molar-refractivity contribution in [2.24, 2.45) is 0 Å². The van der Waals surface area contributed by atoms with Crippen molar-refractivity contribution in [1.29, 1.82) is 0 Å². The summed E-state index contributed by atoms with van der Waals surface area (Å²) in [5.74, 6) is 0.638. The number of aromatic hydroxyl groups is 1. The molecule has 1 aliphatic heterocycles. The number of fused-ring (bicyclic) bond motifs is 1. The molecule has 0 amide bonds. The Morgan fingerprint density at radius 3 is 2.18 bits per heavy atom. The van der Waals surface area contributed by atoms with Crippen LogP contribution in [0.2, 0.25) is 0 Å². The molecular formula is C11H14O6. The molecule has 1 aliphatic rings. The van der Waals surface area contributed by atoms with Crippen LogP contribution in [0.1, 0.15) is 11.7 Å². The number of ether oxygens (including phenoxy) is 4. The van der Waals surface area contributed by atoms with Crippen LogP contribution in [0.4, 0.5) is 0 Å². The SMILES string of the molecule is COc1c(O)c2c(c(OC)c1OC)C(O)CO2. The minimum absolute atomic E-state index is 0.0651. The van der Waals surface area contributed by atoms with E-state index in [4.69, 9.17) is 18.9 Å². The van der Waals surface area contributed by atoms with E-state index in [1.54, 1.807) is 0 Å². The predicted octanol–water partition coefficient (Wildman–Crippen LogP) is 0.844. The third-order valence-electron chi connectivity index (χ3n) is 2.66. The zero-order chi connectivity index (χ0) is 12.6. The summed E-state index contributed by atoms with van der Waals surface area (Å²) in [6.07, 6.45) is -0.856. The normalized spacial score (nSPS) is 17.3. The average molecular weight is 242 g/mol. The van der Waals surface area contributed by atoms with Crippen LogP contribution >= 0.6 is 0 Å². The van der Waals surface area contributed by atoms with Crippen LogP contribution < -0.4 is 18.9 Å². The molecule has 0 spiro atoms. The second kappa shape index (κ2) is 4.21. The highest BCUT2D eigenvalue weighted by Crippen LogP contribution is 2.56. The van der Waals surface area contributed by atoms with Gasteiger partial charge in [0.1, 0.15) is 12.7 Å². The van der Waals surface area contributed by atoms with Gasteiger partial charge in [-0.25, -0.2) is 0 Å². The summed E-state index contributed by atoms with van der Waals surface area (Å²) in [5, 5.41) is 19.8. The summed E-state index contributed by atoms with van der Waals surface area (Å²) in [6, 6.07) is 0. The van der Waals surface area contributed by atoms with E-state index in [0.29, 0.717) is 11.3 Å². The van der Waals surface area contributed by atoms with Crippen molar-refractivity contribution >= 4 is 0 Å². The molecule has 2 N–H and O–H groups in total. The maximum absolute atomic E-state index is 9.96. The van der Waals surface area contributed by atoms with Gasteiger partial charge in [0, 0.05) is 0 Å². The van der Waals surface area contributed by atoms with Crippen LogP contribution in [0.5, 0.6) is 28.7 Å². The zero-order valence-electron chi connectivity index (χ0n) is 9.81. The Labute approximate surface area is 98.3 Å². The number of aliphatic hydroxyl groups is 1. The molecule has 17 heavy (non-hydrogen) atoms. The van der Waals surface area contributed by atoms with Gasteiger partial charge >= 0.3 is 0 Å². The predicted molar refractivity (Wildman–Crippen MR) is 58.2 cm³/mol. The fourth-order valence-corrected chi connectivity index (χ4v) is 1.94. The highest BCUT2D eigenvalue weighted by Gasteiger charge is 2.35. The van der Waals surface area contributed by atoms with Gasteiger partial charge in [-0.3, -0.25) is 0 Å². The van der Waals surface area contributed by atoms with Crippen LogP contribution in [0, 0.1) is 0 Å². The maximum Gasteiger partial charge on any atom is 0.211 e. The van der Waals surface area contributed by atoms with E-state index < -0.39 is 6.10 Å². The average Bonchev–Trinajstić information content (AvgIpc) is 2.71. The summed E-state index contributed by atoms with van der Waals surface area (Å²) < 4.78 is 20.6. The molecule has 94 valence electrons. The van der Waals surface area contributed by atoms with Crippen molar-refractivity contribution in [1.82, 2.24) is 0 Å². The minimum atomic E-state index is -0.856. The Bertz CT molecular complexity index is 439. The first-order valence-corrected chi connectivity index (χ1v) is 5.01. The number of hydrogen-bond donors (Lipinski definition) is 2. The van der Waals surface area contributed by atoms with Crippen molar-refractivity contribution in [3.63, 3.8) is 0 Å². The quantitative estimate of drug-likeness (QED) is 0.818. The Balaban J connectivity index is 2.76. The summed E-state index contributed by atoms with van der Waals surface area (Å²) in [5.41, 5.74) is 0.377. The highest BCUT2D eigenvalue weighted by molar-refractivity contribution is 5.71. The van der Waals surface area contributed by atoms with Crippen LogP contribution in [0.25, 0.3) is 0 Å². The molecule has 0 saturated heterocycles. The first kappa shape index (κ1) is 11.7. The van der Waals surface area contributed by atoms with E-state index in [0.717, 1.165) is 0 Å². The molecule has 0 aromatic heterocycles. The lowest BCUT2D eigenvalue weighted by atomic mass is 10.1. The first-order valence-electron chi connectivity index (χ1n) is 5.01. The molecule has 1 unspecified atom stereocenters. The molecule has 0 saturated carbocycles. The fraction of sp³-hybridized carbons (Fsp3) is 0.455. The zero-order valence-corrected chi connectivity index (χ0v) is 9.81. The van der Waals surface area contributed by atoms with Gasteiger partial charge in [-0.2, -0.15) is 0 Å². The first-order chi connectivity index (χ1) is 8.15. The van der Waals surface area contributed by atoms with Gasteiger partial charge < -0.3 is 29.2 Å². The van der Waals surface area contributed by atoms with E-state index in [9.17, 15) is 10.2 Å². The van der Waals surface area contributed by atoms with Gasteiger partial charge in [-0.05, 0) is 0 Å². The molecular weight excluding hydrogens is 228 g/mol. The molecule has 6 heteroatoms. The molecule has 1 aromatic rings. The fourth-order valence-electron chi connectivity index (χ4n) is 1.94. The molecule has 0 aliphatic carbocycles. The van der Waals surface area contributed by atoms with Crippen LogP contribution in [-0.4, -0.2) is 38.1 Å². The lowest BCUT2D eigenvalue weighted by Gasteiger charge is -2.17. The number of phenolic OH excluding ortho intramolecular Hbond substituents is 1. The number of methoxy groups -OCH3 is 3. The van der Waals surface area contributed by atoms with Crippen molar-refractivity contribution in [3.05, 3.63) is 5.56 Å². The number of hydrogen-bond acceptors (Lipinski definition) is 6. The molecule has 0 bridgehead atoms. The van der Waals surface area contributed by atoms with Gasteiger partial charge in [0.2, 0.25) is 17.2 Å². The van der Waals surface area contributed by atoms with Crippen molar-refractivity contribution in [3.8, 4) is 28.7 Å². The van der Waals surface area contributed by atoms with Gasteiger partial charge in [0.05, 0.1) is 26.9 Å². The topological polar surface area (TPSA) is 77.4 Å². The molecule has 0 fully saturated rings. The highest BCUT2D eigenvalue weighted by atomic mass is 16.5. The van der Waals surface area contributed by atoms with E-state index >= 15 is 0 Å². The van der Waals surface area contributed by atoms with Crippen LogP contribution in [-0.2, 0) is 0 Å². The maximum atomic E-state index is 9.96. The van der Waals surface area contributed by atoms with Gasteiger partial charge in [0.15, 0.2) is 11.5 Å². The van der Waals surface area contributed by atoms with E-state index in [-0.39, 0.29) is 29.6 Å². The summed E-state index contributed by atoms with van der Waals surface area (Å²) in [6.45, 7) is 0.0651. The molecule has 0 radical (unpaired) electrons. The van der Waals surface area contributed by atoms with Crippen LogP contribution in [0.3, 0.4) is 0 Å². The van der Waals surface area contributed by atoms with Crippen molar-refractivity contribution in [2.75, 3.05) is 27.9 Å². The minimum Gasteiger partial charge on any atom is -0.502 e. The van der Waals surface area contributed by atoms with Gasteiger partial charge in [-0.1, -0.05) is 0 Å². The summed E-state index contributed by atoms with van der Waals surface area (Å²) in [7, 11) is 4.27. The molecule has 1 heterocycles. The van der Waals surface area contributed by atoms with E-state index in [1.807, 2.05) is 0 Å². The van der Waals surface area contributed by atoms with Crippen LogP contribution in [0.15, 0.2) is 0 Å². The second-order valence-corrected chi connectivity index (χ2v) is 3.52. The largest absolute Gasteiger partial charge is 0.502 e. The number of rotatable bonds is 3. The molecule has 2 rings (SSSR count). The smallest absolute Gasteiger partial charge is 0.211 e. The van der Waals surface area contributed by atoms with Gasteiger partial charge in [-0.15, -0.1) is 0 Å². The van der Waals surface area contributed by atoms with Gasteiger partial charge in [0.25, 0.3) is 0 Å². The molecule has 1 aromatic carbocycles. The third-order valence-corrected chi connectivity index (χ3v) is 2.66. The van der Waals surface area contributed by atoms with Crippen molar-refractivity contribution in [2.45, 2.75) is 6.10 Å². The number of phenols is 1. The second-order valence-electron chi connectivity index (χ2n) is 3.52.